The highest BCUT2D eigenvalue weighted by Crippen LogP contribution is 2.20. The first-order chi connectivity index (χ1) is 10.0. The number of rotatable bonds is 4. The zero-order valence-corrected chi connectivity index (χ0v) is 13.0. The second-order valence-corrected chi connectivity index (χ2v) is 5.79. The largest absolute Gasteiger partial charge is 0.336 e. The van der Waals surface area contributed by atoms with E-state index in [1.165, 1.54) is 11.8 Å². The predicted octanol–water partition coefficient (Wildman–Crippen LogP) is 3.75. The SMILES string of the molecule is C/C=C\SC(=N)c1nc2ccc(NC(=O)C(C)C)cc2[nH]1. The first-order valence-electron chi connectivity index (χ1n) is 6.68. The van der Waals surface area contributed by atoms with Crippen molar-refractivity contribution >= 4 is 39.4 Å². The number of thioether (sulfide) groups is 1. The number of amides is 1. The van der Waals surface area contributed by atoms with Crippen LogP contribution in [0.3, 0.4) is 0 Å². The Kier molecular flexibility index (Phi) is 4.80. The molecule has 1 aromatic heterocycles. The molecule has 0 saturated heterocycles. The lowest BCUT2D eigenvalue weighted by molar-refractivity contribution is -0.118. The van der Waals surface area contributed by atoms with E-state index >= 15 is 0 Å². The number of carbonyl (C=O) groups excluding carboxylic acids is 1. The van der Waals surface area contributed by atoms with Gasteiger partial charge in [-0.3, -0.25) is 10.2 Å². The van der Waals surface area contributed by atoms with Gasteiger partial charge in [0.25, 0.3) is 0 Å². The first kappa shape index (κ1) is 15.3. The van der Waals surface area contributed by atoms with Gasteiger partial charge < -0.3 is 10.3 Å². The van der Waals surface area contributed by atoms with Crippen LogP contribution < -0.4 is 5.32 Å². The molecule has 0 radical (unpaired) electrons. The number of hydrogen-bond acceptors (Lipinski definition) is 4. The number of nitrogens with one attached hydrogen (secondary N) is 3. The molecule has 1 aromatic carbocycles. The molecule has 0 aliphatic heterocycles. The smallest absolute Gasteiger partial charge is 0.226 e. The van der Waals surface area contributed by atoms with Crippen LogP contribution in [0.15, 0.2) is 29.7 Å². The highest BCUT2D eigenvalue weighted by Gasteiger charge is 2.10. The number of imidazole rings is 1. The molecule has 6 heteroatoms. The van der Waals surface area contributed by atoms with Crippen molar-refractivity contribution in [1.29, 1.82) is 5.41 Å². The van der Waals surface area contributed by atoms with Crippen LogP contribution in [0, 0.1) is 11.3 Å². The molecular weight excluding hydrogens is 284 g/mol. The van der Waals surface area contributed by atoms with Crippen molar-refractivity contribution in [3.05, 3.63) is 35.5 Å². The standard InChI is InChI=1S/C15H18N4OS/c1-4-7-21-13(16)14-18-11-6-5-10(8-12(11)19-14)17-15(20)9(2)3/h4-9,16H,1-3H3,(H,17,20)(H,18,19)/b7-4-,16-13?. The van der Waals surface area contributed by atoms with Gasteiger partial charge in [-0.2, -0.15) is 0 Å². The predicted molar refractivity (Wildman–Crippen MR) is 88.8 cm³/mol. The molecule has 5 nitrogen and oxygen atoms in total. The van der Waals surface area contributed by atoms with Gasteiger partial charge in [-0.15, -0.1) is 0 Å². The average Bonchev–Trinajstić information content (AvgIpc) is 2.87. The lowest BCUT2D eigenvalue weighted by atomic mass is 10.2. The number of anilines is 1. The highest BCUT2D eigenvalue weighted by molar-refractivity contribution is 8.16. The van der Waals surface area contributed by atoms with E-state index in [1.54, 1.807) is 0 Å². The van der Waals surface area contributed by atoms with Crippen LogP contribution >= 0.6 is 11.8 Å². The van der Waals surface area contributed by atoms with Crippen LogP contribution in [0.2, 0.25) is 0 Å². The van der Waals surface area contributed by atoms with Crippen molar-refractivity contribution in [2.24, 2.45) is 5.92 Å². The van der Waals surface area contributed by atoms with Crippen LogP contribution in [0.4, 0.5) is 5.69 Å². The Morgan fingerprint density at radius 2 is 2.24 bits per heavy atom. The first-order valence-corrected chi connectivity index (χ1v) is 7.56. The summed E-state index contributed by atoms with van der Waals surface area (Å²) in [5, 5.41) is 13.0. The summed E-state index contributed by atoms with van der Waals surface area (Å²) >= 11 is 1.30. The fourth-order valence-electron chi connectivity index (χ4n) is 1.67. The molecule has 2 rings (SSSR count). The quantitative estimate of drug-likeness (QED) is 0.594. The molecule has 110 valence electrons. The Hall–Kier alpha value is -2.08. The van der Waals surface area contributed by atoms with Gasteiger partial charge >= 0.3 is 0 Å². The second-order valence-electron chi connectivity index (χ2n) is 4.88. The van der Waals surface area contributed by atoms with E-state index in [0.717, 1.165) is 16.7 Å². The topological polar surface area (TPSA) is 81.6 Å². The Labute approximate surface area is 127 Å². The van der Waals surface area contributed by atoms with Crippen LogP contribution in [-0.4, -0.2) is 20.9 Å². The highest BCUT2D eigenvalue weighted by atomic mass is 32.2. The van der Waals surface area contributed by atoms with Crippen molar-refractivity contribution in [3.8, 4) is 0 Å². The van der Waals surface area contributed by atoms with E-state index in [-0.39, 0.29) is 11.8 Å². The number of H-pyrrole nitrogens is 1. The van der Waals surface area contributed by atoms with Gasteiger partial charge in [-0.1, -0.05) is 31.7 Å². The van der Waals surface area contributed by atoms with Gasteiger partial charge in [0.15, 0.2) is 5.82 Å². The summed E-state index contributed by atoms with van der Waals surface area (Å²) in [6, 6.07) is 5.48. The van der Waals surface area contributed by atoms with E-state index in [0.29, 0.717) is 10.9 Å². The summed E-state index contributed by atoms with van der Waals surface area (Å²) in [4.78, 5) is 19.2. The number of fused-ring (bicyclic) bond motifs is 1. The van der Waals surface area contributed by atoms with Gasteiger partial charge in [0, 0.05) is 11.6 Å². The maximum absolute atomic E-state index is 11.7. The van der Waals surface area contributed by atoms with Crippen molar-refractivity contribution in [3.63, 3.8) is 0 Å². The van der Waals surface area contributed by atoms with Crippen LogP contribution in [0.1, 0.15) is 26.6 Å². The Morgan fingerprint density at radius 1 is 1.48 bits per heavy atom. The number of benzene rings is 1. The monoisotopic (exact) mass is 302 g/mol. The number of nitrogens with zero attached hydrogens (tertiary/aromatic N) is 1. The van der Waals surface area contributed by atoms with E-state index in [1.807, 2.05) is 50.5 Å². The lowest BCUT2D eigenvalue weighted by Gasteiger charge is -2.07. The number of aromatic nitrogens is 2. The van der Waals surface area contributed by atoms with Gasteiger partial charge in [0.05, 0.1) is 11.0 Å². The van der Waals surface area contributed by atoms with Crippen LogP contribution in [0.5, 0.6) is 0 Å². The Bertz CT molecular complexity index is 703. The normalized spacial score (nSPS) is 11.4. The molecule has 1 amide bonds. The van der Waals surface area contributed by atoms with E-state index in [9.17, 15) is 4.79 Å². The third-order valence-electron chi connectivity index (χ3n) is 2.81. The molecule has 0 spiro atoms. The maximum Gasteiger partial charge on any atom is 0.226 e. The number of hydrogen-bond donors (Lipinski definition) is 3. The van der Waals surface area contributed by atoms with Gasteiger partial charge in [0.2, 0.25) is 5.91 Å². The van der Waals surface area contributed by atoms with Gasteiger partial charge in [-0.05, 0) is 30.5 Å². The fourth-order valence-corrected chi connectivity index (χ4v) is 2.15. The molecule has 0 saturated carbocycles. The average molecular weight is 302 g/mol. The van der Waals surface area contributed by atoms with Crippen molar-refractivity contribution < 1.29 is 4.79 Å². The summed E-state index contributed by atoms with van der Waals surface area (Å²) in [5.41, 5.74) is 2.31. The molecule has 21 heavy (non-hydrogen) atoms. The molecule has 0 bridgehead atoms. The molecule has 0 aliphatic carbocycles. The second kappa shape index (κ2) is 6.58. The lowest BCUT2D eigenvalue weighted by Crippen LogP contribution is -2.17. The Morgan fingerprint density at radius 3 is 2.90 bits per heavy atom. The zero-order valence-electron chi connectivity index (χ0n) is 12.2. The van der Waals surface area contributed by atoms with E-state index < -0.39 is 0 Å². The minimum absolute atomic E-state index is 0.0227. The minimum Gasteiger partial charge on any atom is -0.336 e. The van der Waals surface area contributed by atoms with Crippen LogP contribution in [-0.2, 0) is 4.79 Å². The summed E-state index contributed by atoms with van der Waals surface area (Å²) in [5.74, 6) is 0.439. The summed E-state index contributed by atoms with van der Waals surface area (Å²) in [7, 11) is 0. The van der Waals surface area contributed by atoms with Gasteiger partial charge in [-0.25, -0.2) is 4.98 Å². The number of aromatic amines is 1. The third-order valence-corrected chi connectivity index (χ3v) is 3.65. The number of carbonyl (C=O) groups is 1. The van der Waals surface area contributed by atoms with E-state index in [2.05, 4.69) is 15.3 Å². The van der Waals surface area contributed by atoms with E-state index in [4.69, 9.17) is 5.41 Å². The van der Waals surface area contributed by atoms with Crippen LogP contribution in [0.25, 0.3) is 11.0 Å². The molecule has 0 fully saturated rings. The fraction of sp³-hybridized carbons (Fsp3) is 0.267. The molecule has 3 N–H and O–H groups in total. The van der Waals surface area contributed by atoms with Crippen molar-refractivity contribution in [2.75, 3.05) is 5.32 Å². The molecule has 0 unspecified atom stereocenters. The maximum atomic E-state index is 11.7. The molecule has 0 atom stereocenters. The zero-order chi connectivity index (χ0) is 15.4. The minimum atomic E-state index is -0.0663. The molecule has 0 aliphatic rings. The van der Waals surface area contributed by atoms with Crippen molar-refractivity contribution in [2.45, 2.75) is 20.8 Å². The Balaban J connectivity index is 2.24. The summed E-state index contributed by atoms with van der Waals surface area (Å²) in [6.45, 7) is 5.60. The third kappa shape index (κ3) is 3.72. The molecule has 2 aromatic rings. The van der Waals surface area contributed by atoms with Gasteiger partial charge in [0.1, 0.15) is 5.04 Å². The summed E-state index contributed by atoms with van der Waals surface area (Å²) in [6.07, 6.45) is 1.88. The number of allylic oxidation sites excluding steroid dienone is 1. The molecule has 1 heterocycles. The summed E-state index contributed by atoms with van der Waals surface area (Å²) < 4.78 is 0. The van der Waals surface area contributed by atoms with Crippen molar-refractivity contribution in [1.82, 2.24) is 9.97 Å². The molecular formula is C15H18N4OS.